The summed E-state index contributed by atoms with van der Waals surface area (Å²) in [5.74, 6) is -0.106. The highest BCUT2D eigenvalue weighted by Crippen LogP contribution is 2.09. The Kier molecular flexibility index (Phi) is 10.1. The molecule has 0 amide bonds. The second-order valence-electron chi connectivity index (χ2n) is 3.83. The predicted octanol–water partition coefficient (Wildman–Crippen LogP) is 3.91. The first-order chi connectivity index (χ1) is 7.20. The van der Waals surface area contributed by atoms with E-state index in [1.54, 1.807) is 0 Å². The van der Waals surface area contributed by atoms with Crippen molar-refractivity contribution < 1.29 is 9.53 Å². The topological polar surface area (TPSA) is 26.3 Å². The van der Waals surface area contributed by atoms with E-state index < -0.39 is 0 Å². The molecule has 15 heavy (non-hydrogen) atoms. The van der Waals surface area contributed by atoms with Gasteiger partial charge >= 0.3 is 5.97 Å². The zero-order valence-electron chi connectivity index (χ0n) is 9.93. The first kappa shape index (κ1) is 14.8. The van der Waals surface area contributed by atoms with E-state index in [0.29, 0.717) is 13.0 Å². The molecule has 0 aliphatic rings. The van der Waals surface area contributed by atoms with Crippen LogP contribution in [0.5, 0.6) is 0 Å². The van der Waals surface area contributed by atoms with Crippen LogP contribution in [0.3, 0.4) is 0 Å². The number of hydrogen-bond donors (Lipinski definition) is 0. The van der Waals surface area contributed by atoms with E-state index in [9.17, 15) is 4.79 Å². The van der Waals surface area contributed by atoms with Crippen molar-refractivity contribution in [1.82, 2.24) is 0 Å². The highest BCUT2D eigenvalue weighted by molar-refractivity contribution is 6.20. The van der Waals surface area contributed by atoms with Crippen molar-refractivity contribution in [3.8, 4) is 0 Å². The van der Waals surface area contributed by atoms with Crippen molar-refractivity contribution in [2.45, 2.75) is 64.2 Å². The van der Waals surface area contributed by atoms with Gasteiger partial charge < -0.3 is 4.74 Å². The molecular weight excluding hydrogens is 212 g/mol. The van der Waals surface area contributed by atoms with E-state index in [1.807, 2.05) is 6.92 Å². The molecule has 0 bridgehead atoms. The third-order valence-electron chi connectivity index (χ3n) is 2.37. The van der Waals surface area contributed by atoms with Gasteiger partial charge in [-0.3, -0.25) is 4.79 Å². The van der Waals surface area contributed by atoms with Gasteiger partial charge in [-0.2, -0.15) is 0 Å². The molecule has 3 heteroatoms. The monoisotopic (exact) mass is 234 g/mol. The normalized spacial score (nSPS) is 12.5. The minimum Gasteiger partial charge on any atom is -0.466 e. The van der Waals surface area contributed by atoms with Crippen molar-refractivity contribution in [2.75, 3.05) is 6.61 Å². The number of carbonyl (C=O) groups excluding carboxylic acids is 1. The maximum absolute atomic E-state index is 11.2. The minimum atomic E-state index is -0.106. The van der Waals surface area contributed by atoms with Crippen LogP contribution in [-0.2, 0) is 9.53 Å². The Balaban J connectivity index is 3.26. The van der Waals surface area contributed by atoms with Crippen LogP contribution in [0.1, 0.15) is 58.8 Å². The summed E-state index contributed by atoms with van der Waals surface area (Å²) in [6.07, 6.45) is 6.65. The van der Waals surface area contributed by atoms with Crippen molar-refractivity contribution in [2.24, 2.45) is 0 Å². The lowest BCUT2D eigenvalue weighted by molar-refractivity contribution is -0.143. The maximum Gasteiger partial charge on any atom is 0.305 e. The van der Waals surface area contributed by atoms with E-state index in [2.05, 4.69) is 6.92 Å². The van der Waals surface area contributed by atoms with Gasteiger partial charge in [-0.1, -0.05) is 33.1 Å². The number of unbranched alkanes of at least 4 members (excludes halogenated alkanes) is 3. The van der Waals surface area contributed by atoms with Crippen LogP contribution < -0.4 is 0 Å². The van der Waals surface area contributed by atoms with Crippen LogP contribution in [0.2, 0.25) is 0 Å². The zero-order valence-corrected chi connectivity index (χ0v) is 10.7. The molecule has 1 unspecified atom stereocenters. The number of hydrogen-bond acceptors (Lipinski definition) is 2. The molecule has 0 saturated carbocycles. The van der Waals surface area contributed by atoms with Crippen LogP contribution in [0.15, 0.2) is 0 Å². The molecule has 0 heterocycles. The molecule has 1 atom stereocenters. The van der Waals surface area contributed by atoms with E-state index in [1.165, 1.54) is 12.8 Å². The van der Waals surface area contributed by atoms with Gasteiger partial charge in [0.1, 0.15) is 0 Å². The van der Waals surface area contributed by atoms with Gasteiger partial charge in [0, 0.05) is 11.8 Å². The molecule has 0 aliphatic heterocycles. The van der Waals surface area contributed by atoms with Gasteiger partial charge in [0.25, 0.3) is 0 Å². The third kappa shape index (κ3) is 10.1. The smallest absolute Gasteiger partial charge is 0.305 e. The Morgan fingerprint density at radius 1 is 1.27 bits per heavy atom. The Hall–Kier alpha value is -0.240. The molecule has 0 rings (SSSR count). The van der Waals surface area contributed by atoms with Crippen molar-refractivity contribution in [1.29, 1.82) is 0 Å². The molecule has 0 spiro atoms. The Morgan fingerprint density at radius 2 is 2.00 bits per heavy atom. The van der Waals surface area contributed by atoms with Gasteiger partial charge in [0.15, 0.2) is 0 Å². The average molecular weight is 235 g/mol. The van der Waals surface area contributed by atoms with Gasteiger partial charge in [-0.05, 0) is 19.3 Å². The molecule has 90 valence electrons. The van der Waals surface area contributed by atoms with Crippen LogP contribution in [0.25, 0.3) is 0 Å². The lowest BCUT2D eigenvalue weighted by atomic mass is 10.2. The second kappa shape index (κ2) is 10.3. The number of rotatable bonds is 9. The summed E-state index contributed by atoms with van der Waals surface area (Å²) in [5, 5.41) is 0.109. The minimum absolute atomic E-state index is 0.106. The maximum atomic E-state index is 11.2. The number of carbonyl (C=O) groups is 1. The summed E-state index contributed by atoms with van der Waals surface area (Å²) in [4.78, 5) is 11.2. The fourth-order valence-corrected chi connectivity index (χ4v) is 1.37. The summed E-state index contributed by atoms with van der Waals surface area (Å²) in [6.45, 7) is 4.75. The van der Waals surface area contributed by atoms with Crippen LogP contribution in [0, 0.1) is 0 Å². The number of ether oxygens (including phenoxy) is 1. The largest absolute Gasteiger partial charge is 0.466 e. The molecule has 2 nitrogen and oxygen atoms in total. The standard InChI is InChI=1S/C12H23ClO2/c1-3-5-6-7-10-15-12(14)9-8-11(13)4-2/h11H,3-10H2,1-2H3. The molecule has 0 saturated heterocycles. The zero-order chi connectivity index (χ0) is 11.5. The first-order valence-corrected chi connectivity index (χ1v) is 6.44. The van der Waals surface area contributed by atoms with Gasteiger partial charge in [0.2, 0.25) is 0 Å². The van der Waals surface area contributed by atoms with Gasteiger partial charge in [0.05, 0.1) is 6.61 Å². The SMILES string of the molecule is CCCCCCOC(=O)CCC(Cl)CC. The fourth-order valence-electron chi connectivity index (χ4n) is 1.27. The van der Waals surface area contributed by atoms with Crippen molar-refractivity contribution >= 4 is 17.6 Å². The highest BCUT2D eigenvalue weighted by Gasteiger charge is 2.07. The van der Waals surface area contributed by atoms with Crippen LogP contribution in [-0.4, -0.2) is 18.0 Å². The summed E-state index contributed by atoms with van der Waals surface area (Å²) < 4.78 is 5.09. The first-order valence-electron chi connectivity index (χ1n) is 6.00. The Labute approximate surface area is 98.3 Å². The molecule has 0 fully saturated rings. The van der Waals surface area contributed by atoms with Crippen molar-refractivity contribution in [3.05, 3.63) is 0 Å². The summed E-state index contributed by atoms with van der Waals surface area (Å²) >= 11 is 5.90. The molecule has 0 N–H and O–H groups in total. The Morgan fingerprint density at radius 3 is 2.60 bits per heavy atom. The number of esters is 1. The second-order valence-corrected chi connectivity index (χ2v) is 4.44. The van der Waals surface area contributed by atoms with Crippen LogP contribution >= 0.6 is 11.6 Å². The third-order valence-corrected chi connectivity index (χ3v) is 2.89. The number of alkyl halides is 1. The highest BCUT2D eigenvalue weighted by atomic mass is 35.5. The van der Waals surface area contributed by atoms with E-state index in [4.69, 9.17) is 16.3 Å². The predicted molar refractivity (Wildman–Crippen MR) is 64.3 cm³/mol. The summed E-state index contributed by atoms with van der Waals surface area (Å²) in [6, 6.07) is 0. The van der Waals surface area contributed by atoms with E-state index >= 15 is 0 Å². The molecule has 0 aliphatic carbocycles. The molecular formula is C12H23ClO2. The molecule has 0 radical (unpaired) electrons. The quantitative estimate of drug-likeness (QED) is 0.344. The van der Waals surface area contributed by atoms with Gasteiger partial charge in [-0.25, -0.2) is 0 Å². The fraction of sp³-hybridized carbons (Fsp3) is 0.917. The summed E-state index contributed by atoms with van der Waals surface area (Å²) in [7, 11) is 0. The van der Waals surface area contributed by atoms with Crippen LogP contribution in [0.4, 0.5) is 0 Å². The number of halogens is 1. The lowest BCUT2D eigenvalue weighted by Crippen LogP contribution is -2.08. The Bertz CT molecular complexity index is 160. The molecule has 0 aromatic rings. The van der Waals surface area contributed by atoms with E-state index in [-0.39, 0.29) is 11.3 Å². The molecule has 0 aromatic heterocycles. The lowest BCUT2D eigenvalue weighted by Gasteiger charge is -2.06. The van der Waals surface area contributed by atoms with Gasteiger partial charge in [-0.15, -0.1) is 11.6 Å². The molecule has 0 aromatic carbocycles. The summed E-state index contributed by atoms with van der Waals surface area (Å²) in [5.41, 5.74) is 0. The van der Waals surface area contributed by atoms with E-state index in [0.717, 1.165) is 25.7 Å². The van der Waals surface area contributed by atoms with Crippen molar-refractivity contribution in [3.63, 3.8) is 0 Å². The average Bonchev–Trinajstić information content (AvgIpc) is 2.25.